The molecule has 19 heavy (non-hydrogen) atoms. The molecule has 1 atom stereocenters. The maximum absolute atomic E-state index is 11.6. The number of thiazole rings is 1. The minimum absolute atomic E-state index is 0.123. The van der Waals surface area contributed by atoms with Crippen LogP contribution in [0, 0.1) is 0 Å². The van der Waals surface area contributed by atoms with E-state index < -0.39 is 10.2 Å². The Kier molecular flexibility index (Phi) is 6.70. The van der Waals surface area contributed by atoms with Crippen LogP contribution in [0.15, 0.2) is 5.38 Å². The van der Waals surface area contributed by atoms with Gasteiger partial charge >= 0.3 is 10.2 Å². The van der Waals surface area contributed by atoms with Crippen LogP contribution < -0.4 is 14.8 Å². The van der Waals surface area contributed by atoms with Crippen LogP contribution in [0.3, 0.4) is 0 Å². The Hall–Kier alpha value is -0.700. The lowest BCUT2D eigenvalue weighted by Crippen LogP contribution is -2.30. The number of hydrogen-bond donors (Lipinski definition) is 3. The van der Waals surface area contributed by atoms with Crippen molar-refractivity contribution in [2.75, 3.05) is 17.8 Å². The van der Waals surface area contributed by atoms with Crippen molar-refractivity contribution in [1.82, 2.24) is 15.0 Å². The lowest BCUT2D eigenvalue weighted by atomic mass is 10.2. The van der Waals surface area contributed by atoms with Crippen molar-refractivity contribution in [3.05, 3.63) is 11.1 Å². The van der Waals surface area contributed by atoms with E-state index in [-0.39, 0.29) is 6.04 Å². The molecule has 1 aromatic rings. The number of nitrogens with one attached hydrogen (secondary N) is 3. The summed E-state index contributed by atoms with van der Waals surface area (Å²) in [4.78, 5) is 4.28. The van der Waals surface area contributed by atoms with Crippen LogP contribution in [0.1, 0.15) is 45.3 Å². The van der Waals surface area contributed by atoms with Gasteiger partial charge < -0.3 is 5.32 Å². The highest BCUT2D eigenvalue weighted by Crippen LogP contribution is 2.21. The van der Waals surface area contributed by atoms with Gasteiger partial charge in [0.2, 0.25) is 0 Å². The largest absolute Gasteiger partial charge is 0.309 e. The molecule has 3 N–H and O–H groups in total. The zero-order valence-electron chi connectivity index (χ0n) is 11.6. The fourth-order valence-corrected chi connectivity index (χ4v) is 3.37. The fraction of sp³-hybridized carbons (Fsp3) is 0.727. The average molecular weight is 306 g/mol. The molecule has 8 heteroatoms. The molecule has 0 spiro atoms. The molecule has 1 rings (SSSR count). The Labute approximate surface area is 119 Å². The van der Waals surface area contributed by atoms with Gasteiger partial charge in [-0.1, -0.05) is 13.8 Å². The lowest BCUT2D eigenvalue weighted by molar-refractivity contribution is 0.561. The summed E-state index contributed by atoms with van der Waals surface area (Å²) >= 11 is 1.29. The number of rotatable bonds is 9. The highest BCUT2D eigenvalue weighted by molar-refractivity contribution is 7.91. The number of aromatic nitrogens is 1. The normalized spacial score (nSPS) is 13.4. The predicted octanol–water partition coefficient (Wildman–Crippen LogP) is 1.86. The fourth-order valence-electron chi connectivity index (χ4n) is 1.38. The summed E-state index contributed by atoms with van der Waals surface area (Å²) in [6.07, 6.45) is 1.80. The summed E-state index contributed by atoms with van der Waals surface area (Å²) in [7, 11) is -3.50. The molecule has 0 bridgehead atoms. The monoisotopic (exact) mass is 306 g/mol. The molecule has 0 saturated carbocycles. The molecule has 1 unspecified atom stereocenters. The van der Waals surface area contributed by atoms with Gasteiger partial charge in [-0.3, -0.25) is 0 Å². The predicted molar refractivity (Wildman–Crippen MR) is 79.7 cm³/mol. The van der Waals surface area contributed by atoms with Gasteiger partial charge in [0.05, 0.1) is 5.69 Å². The number of anilines is 1. The van der Waals surface area contributed by atoms with Crippen molar-refractivity contribution in [2.24, 2.45) is 0 Å². The standard InChI is InChI=1S/C11H22N4O2S2/c1-4-6-12-9(3)10-8-18-11(14-10)15-19(16,17)13-7-5-2/h8-9,12-13H,4-7H2,1-3H3,(H,14,15). The highest BCUT2D eigenvalue weighted by Gasteiger charge is 2.14. The van der Waals surface area contributed by atoms with Gasteiger partial charge in [0.1, 0.15) is 0 Å². The molecule has 0 aliphatic carbocycles. The first-order valence-corrected chi connectivity index (χ1v) is 8.81. The van der Waals surface area contributed by atoms with Crippen molar-refractivity contribution >= 4 is 26.7 Å². The maximum Gasteiger partial charge on any atom is 0.300 e. The molecule has 6 nitrogen and oxygen atoms in total. The Morgan fingerprint density at radius 2 is 2.00 bits per heavy atom. The molecule has 0 amide bonds. The third kappa shape index (κ3) is 5.85. The molecule has 0 aromatic carbocycles. The van der Waals surface area contributed by atoms with Crippen molar-refractivity contribution in [2.45, 2.75) is 39.7 Å². The molecule has 0 aliphatic heterocycles. The minimum Gasteiger partial charge on any atom is -0.309 e. The Morgan fingerprint density at radius 1 is 1.32 bits per heavy atom. The summed E-state index contributed by atoms with van der Waals surface area (Å²) in [5.41, 5.74) is 0.853. The van der Waals surface area contributed by atoms with Crippen LogP contribution >= 0.6 is 11.3 Å². The molecule has 1 heterocycles. The Bertz CT molecular complexity index is 473. The molecular weight excluding hydrogens is 284 g/mol. The first-order chi connectivity index (χ1) is 8.98. The third-order valence-electron chi connectivity index (χ3n) is 2.43. The summed E-state index contributed by atoms with van der Waals surface area (Å²) in [5, 5.41) is 5.57. The van der Waals surface area contributed by atoms with E-state index in [4.69, 9.17) is 0 Å². The van der Waals surface area contributed by atoms with E-state index in [9.17, 15) is 8.42 Å². The summed E-state index contributed by atoms with van der Waals surface area (Å²) in [6.45, 7) is 7.35. The van der Waals surface area contributed by atoms with Crippen molar-refractivity contribution in [1.29, 1.82) is 0 Å². The number of hydrogen-bond acceptors (Lipinski definition) is 5. The van der Waals surface area contributed by atoms with Gasteiger partial charge in [-0.15, -0.1) is 11.3 Å². The molecule has 0 fully saturated rings. The second kappa shape index (κ2) is 7.78. The lowest BCUT2D eigenvalue weighted by Gasteiger charge is -2.10. The van der Waals surface area contributed by atoms with Crippen LogP contribution in [-0.4, -0.2) is 26.5 Å². The maximum atomic E-state index is 11.6. The third-order valence-corrected chi connectivity index (χ3v) is 4.38. The van der Waals surface area contributed by atoms with Crippen molar-refractivity contribution in [3.8, 4) is 0 Å². The quantitative estimate of drug-likeness (QED) is 0.650. The molecular formula is C11H22N4O2S2. The molecule has 0 aliphatic rings. The van der Waals surface area contributed by atoms with Crippen LogP contribution in [0.25, 0.3) is 0 Å². The van der Waals surface area contributed by atoms with E-state index >= 15 is 0 Å². The summed E-state index contributed by atoms with van der Waals surface area (Å²) in [5.74, 6) is 0. The summed E-state index contributed by atoms with van der Waals surface area (Å²) in [6, 6.07) is 0.123. The number of nitrogens with zero attached hydrogens (tertiary/aromatic N) is 1. The van der Waals surface area contributed by atoms with Gasteiger partial charge in [0.15, 0.2) is 5.13 Å². The van der Waals surface area contributed by atoms with E-state index in [1.165, 1.54) is 11.3 Å². The van der Waals surface area contributed by atoms with Gasteiger partial charge in [-0.05, 0) is 26.3 Å². The van der Waals surface area contributed by atoms with E-state index in [2.05, 4.69) is 26.7 Å². The van der Waals surface area contributed by atoms with Crippen LogP contribution in [-0.2, 0) is 10.2 Å². The van der Waals surface area contributed by atoms with E-state index in [0.717, 1.165) is 25.1 Å². The van der Waals surface area contributed by atoms with Crippen molar-refractivity contribution in [3.63, 3.8) is 0 Å². The average Bonchev–Trinajstić information content (AvgIpc) is 2.81. The Morgan fingerprint density at radius 3 is 2.63 bits per heavy atom. The molecule has 1 aromatic heterocycles. The van der Waals surface area contributed by atoms with Crippen LogP contribution in [0.5, 0.6) is 0 Å². The van der Waals surface area contributed by atoms with Crippen LogP contribution in [0.2, 0.25) is 0 Å². The second-order valence-corrected chi connectivity index (χ2v) is 6.61. The second-order valence-electron chi connectivity index (χ2n) is 4.25. The first-order valence-electron chi connectivity index (χ1n) is 6.44. The van der Waals surface area contributed by atoms with Gasteiger partial charge in [-0.2, -0.15) is 13.1 Å². The summed E-state index contributed by atoms with van der Waals surface area (Å²) < 4.78 is 28.1. The highest BCUT2D eigenvalue weighted by atomic mass is 32.2. The molecule has 110 valence electrons. The SMILES string of the molecule is CCCNC(C)c1csc(NS(=O)(=O)NCCC)n1. The van der Waals surface area contributed by atoms with Crippen molar-refractivity contribution < 1.29 is 8.42 Å². The minimum atomic E-state index is -3.50. The van der Waals surface area contributed by atoms with Gasteiger partial charge in [-0.25, -0.2) is 9.71 Å². The van der Waals surface area contributed by atoms with Gasteiger partial charge in [0.25, 0.3) is 0 Å². The smallest absolute Gasteiger partial charge is 0.300 e. The zero-order chi connectivity index (χ0) is 14.3. The van der Waals surface area contributed by atoms with E-state index in [1.54, 1.807) is 0 Å². The van der Waals surface area contributed by atoms with E-state index in [1.807, 2.05) is 19.2 Å². The van der Waals surface area contributed by atoms with E-state index in [0.29, 0.717) is 11.7 Å². The topological polar surface area (TPSA) is 83.1 Å². The first kappa shape index (κ1) is 16.4. The molecule has 0 radical (unpaired) electrons. The Balaban J connectivity index is 2.59. The van der Waals surface area contributed by atoms with Crippen LogP contribution in [0.4, 0.5) is 5.13 Å². The zero-order valence-corrected chi connectivity index (χ0v) is 13.2. The van der Waals surface area contributed by atoms with Gasteiger partial charge in [0, 0.05) is 18.0 Å². The molecule has 0 saturated heterocycles.